The molecule has 0 amide bonds. The van der Waals surface area contributed by atoms with Gasteiger partial charge >= 0.3 is 5.96 Å². The first-order chi connectivity index (χ1) is 33.9. The molecule has 2 saturated heterocycles. The third-order valence-corrected chi connectivity index (χ3v) is 15.4. The van der Waals surface area contributed by atoms with Gasteiger partial charge in [0.15, 0.2) is 49.3 Å². The summed E-state index contributed by atoms with van der Waals surface area (Å²) in [5.41, 5.74) is 14.4. The van der Waals surface area contributed by atoms with E-state index >= 15 is 0 Å². The third kappa shape index (κ3) is 20.9. The molecule has 430 valence electrons. The molecule has 6 rings (SSSR count). The Hall–Kier alpha value is -2.21. The minimum atomic E-state index is -4.22. The van der Waals surface area contributed by atoms with Crippen LogP contribution in [0.15, 0.2) is 0 Å². The molecule has 0 aromatic heterocycles. The van der Waals surface area contributed by atoms with Crippen molar-refractivity contribution in [2.45, 2.75) is 213 Å². The fourth-order valence-corrected chi connectivity index (χ4v) is 11.6. The van der Waals surface area contributed by atoms with E-state index in [1.807, 2.05) is 0 Å². The Bertz CT molecular complexity index is 1920. The highest BCUT2D eigenvalue weighted by Gasteiger charge is 2.61. The number of quaternary nitrogens is 2. The minimum absolute atomic E-state index is 0.105. The predicted molar refractivity (Wildman–Crippen MR) is 248 cm³/mol. The van der Waals surface area contributed by atoms with Crippen LogP contribution in [0.3, 0.4) is 0 Å². The zero-order chi connectivity index (χ0) is 55.1. The predicted octanol–water partition coefficient (Wildman–Crippen LogP) is -11.0. The first-order valence-electron chi connectivity index (χ1n) is 24.2. The second kappa shape index (κ2) is 29.5. The standard InChI is InChI=1S/C21H41N7O12.3C6H13NO3S/c1-5-21(36,4-30)16(40-17-9(26-2)13(34)10(31)6(3-29)38-17)18(37-5)39-15-8(28-20(24)25)11(32)7(27-19(22)23)12(33)14(15)35;3*8-11(9,10)7-6-4-2-1-3-5-6/h5-18,26,29-36H,3-4H2,1-2H3,(H4,22,23,27)(H4,24,25,28);3*6-7H,1-5H2,(H,8,9,10). The zero-order valence-electron chi connectivity index (χ0n) is 40.8. The first kappa shape index (κ1) is 65.1. The van der Waals surface area contributed by atoms with Crippen molar-refractivity contribution in [2.75, 3.05) is 20.3 Å². The van der Waals surface area contributed by atoms with Crippen LogP contribution in [0, 0.1) is 5.41 Å². The van der Waals surface area contributed by atoms with E-state index in [0.717, 1.165) is 102 Å². The van der Waals surface area contributed by atoms with Crippen molar-refractivity contribution in [3.05, 3.63) is 0 Å². The maximum atomic E-state index is 11.3. The molecule has 4 saturated carbocycles. The smallest absolute Gasteiger partial charge is 0.339 e. The molecule has 0 radical (unpaired) electrons. The number of aliphatic hydroxyl groups is 8. The fraction of sp³-hybridized carbons (Fsp3) is 0.949. The maximum absolute atomic E-state index is 11.3. The first-order valence-corrected chi connectivity index (χ1v) is 28.5. The molecule has 6 aliphatic rings. The number of nitrogens with two attached hydrogens (primary N) is 5. The Labute approximate surface area is 425 Å². The van der Waals surface area contributed by atoms with Gasteiger partial charge in [-0.1, -0.05) is 57.8 Å². The molecule has 6 fully saturated rings. The molecule has 0 aromatic carbocycles. The van der Waals surface area contributed by atoms with Crippen LogP contribution in [0.2, 0.25) is 0 Å². The van der Waals surface area contributed by atoms with E-state index in [0.29, 0.717) is 0 Å². The number of nitrogens with one attached hydrogen (secondary N) is 5. The quantitative estimate of drug-likeness (QED) is 0.0411. The van der Waals surface area contributed by atoms with Crippen LogP contribution in [0.1, 0.15) is 103 Å². The summed E-state index contributed by atoms with van der Waals surface area (Å²) in [6.45, 7) is -0.139. The summed E-state index contributed by atoms with van der Waals surface area (Å²) in [5.74, 6) is -0.849. The van der Waals surface area contributed by atoms with Crippen molar-refractivity contribution >= 4 is 42.8 Å². The number of rotatable bonds is 15. The van der Waals surface area contributed by atoms with Crippen LogP contribution < -0.4 is 47.0 Å². The average Bonchev–Trinajstić information content (AvgIpc) is 3.53. The van der Waals surface area contributed by atoms with E-state index < -0.39 is 141 Å². The lowest BCUT2D eigenvalue weighted by Gasteiger charge is -2.44. The molecule has 34 heteroatoms. The van der Waals surface area contributed by atoms with E-state index in [1.165, 1.54) is 12.2 Å². The van der Waals surface area contributed by atoms with Crippen LogP contribution in [0.5, 0.6) is 0 Å². The fourth-order valence-electron chi connectivity index (χ4n) is 9.71. The van der Waals surface area contributed by atoms with Crippen LogP contribution in [0.25, 0.3) is 0 Å². The average molecular weight is 1120 g/mol. The number of likely N-dealkylation sites (N-methyl/N-ethyl adjacent to an activating group) is 1. The van der Waals surface area contributed by atoms with E-state index in [-0.39, 0.29) is 24.1 Å². The van der Waals surface area contributed by atoms with Gasteiger partial charge in [-0.2, -0.15) is 0 Å². The number of guanidine groups is 2. The van der Waals surface area contributed by atoms with Gasteiger partial charge in [0.05, 0.1) is 26.4 Å². The van der Waals surface area contributed by atoms with Gasteiger partial charge in [0.2, 0.25) is 6.29 Å². The maximum Gasteiger partial charge on any atom is 0.339 e. The van der Waals surface area contributed by atoms with Gasteiger partial charge in [0.25, 0.3) is 5.96 Å². The summed E-state index contributed by atoms with van der Waals surface area (Å²) in [5, 5.41) is 94.6. The van der Waals surface area contributed by atoms with Crippen molar-refractivity contribution in [1.82, 2.24) is 14.2 Å². The van der Waals surface area contributed by atoms with Crippen molar-refractivity contribution in [1.29, 1.82) is 5.41 Å². The SMILES string of the molecule is C[NH2+]C1C(OC2C(OC3C(O)C(O)C([NH2+]C(=N)N)C(O)C3[NH+]=C(N)N)OC(C)C2(O)CO)OC(CO)C(O)C1O.O=S(=O)([O-])NC1CCCCC1.O=S(=O)([O-])NC1CCCCC1.O=S(=O)([O-])NC1CCCCC1. The molecule has 23 N–H and O–H groups in total. The largest absolute Gasteiger partial charge is 0.735 e. The Morgan fingerprint density at radius 3 is 1.45 bits per heavy atom. The van der Waals surface area contributed by atoms with Crippen molar-refractivity contribution < 1.29 is 114 Å². The van der Waals surface area contributed by atoms with Crippen molar-refractivity contribution in [3.8, 4) is 0 Å². The molecule has 73 heavy (non-hydrogen) atoms. The van der Waals surface area contributed by atoms with Gasteiger partial charge in [0, 0.05) is 18.1 Å². The normalized spacial score (nSPS) is 36.0. The number of ether oxygens (including phenoxy) is 4. The van der Waals surface area contributed by atoms with Crippen molar-refractivity contribution in [3.63, 3.8) is 0 Å². The molecular weight excluding hydrogens is 1040 g/mol. The molecule has 31 nitrogen and oxygen atoms in total. The lowest BCUT2D eigenvalue weighted by Crippen LogP contribution is -3.05. The number of hydrogen-bond donors (Lipinski definition) is 18. The second-order valence-corrected chi connectivity index (χ2v) is 22.5. The van der Waals surface area contributed by atoms with Gasteiger partial charge in [-0.25, -0.2) is 44.8 Å². The second-order valence-electron chi connectivity index (χ2n) is 19.1. The van der Waals surface area contributed by atoms with Gasteiger partial charge < -0.3 is 84.5 Å². The molecule has 0 spiro atoms. The topological polar surface area (TPSA) is 556 Å². The van der Waals surface area contributed by atoms with Crippen LogP contribution in [-0.2, 0) is 49.9 Å². The van der Waals surface area contributed by atoms with E-state index in [9.17, 15) is 79.8 Å². The van der Waals surface area contributed by atoms with Crippen LogP contribution in [0.4, 0.5) is 0 Å². The Kier molecular flexibility index (Phi) is 26.3. The Morgan fingerprint density at radius 1 is 0.671 bits per heavy atom. The number of aliphatic hydroxyl groups excluding tert-OH is 7. The monoisotopic (exact) mass is 1120 g/mol. The number of hydrogen-bond acceptors (Lipinski definition) is 22. The summed E-state index contributed by atoms with van der Waals surface area (Å²) in [4.78, 5) is 2.56. The molecule has 15 atom stereocenters. The highest BCUT2D eigenvalue weighted by atomic mass is 32.2. The summed E-state index contributed by atoms with van der Waals surface area (Å²) in [6.07, 6.45) is -1.83. The molecular formula is C39H80N10O21S3. The lowest BCUT2D eigenvalue weighted by molar-refractivity contribution is -0.696. The van der Waals surface area contributed by atoms with Crippen molar-refractivity contribution in [2.24, 2.45) is 17.2 Å². The van der Waals surface area contributed by atoms with E-state index in [2.05, 4.69) is 19.2 Å². The molecule has 2 aliphatic heterocycles. The van der Waals surface area contributed by atoms with Crippen LogP contribution >= 0.6 is 0 Å². The summed E-state index contributed by atoms with van der Waals surface area (Å²) in [6, 6.07) is -3.80. The molecule has 15 unspecified atom stereocenters. The van der Waals surface area contributed by atoms with E-state index in [4.69, 9.17) is 41.6 Å². The molecule has 0 bridgehead atoms. The molecule has 0 aromatic rings. The van der Waals surface area contributed by atoms with Gasteiger partial charge in [-0.05, 0) is 45.4 Å². The van der Waals surface area contributed by atoms with Gasteiger partial charge in [-0.15, -0.1) is 0 Å². The Morgan fingerprint density at radius 2 is 1.10 bits per heavy atom. The molecule has 2 heterocycles. The van der Waals surface area contributed by atoms with E-state index in [1.54, 1.807) is 7.05 Å². The van der Waals surface area contributed by atoms with Gasteiger partial charge in [-0.3, -0.25) is 21.8 Å². The lowest BCUT2D eigenvalue weighted by atomic mass is 9.81. The highest BCUT2D eigenvalue weighted by Crippen LogP contribution is 2.38. The third-order valence-electron chi connectivity index (χ3n) is 13.6. The summed E-state index contributed by atoms with van der Waals surface area (Å²) >= 11 is 0. The minimum Gasteiger partial charge on any atom is -0.735 e. The summed E-state index contributed by atoms with van der Waals surface area (Å²) in [7, 11) is -11.1. The highest BCUT2D eigenvalue weighted by molar-refractivity contribution is 7.84. The zero-order valence-corrected chi connectivity index (χ0v) is 43.3. The summed E-state index contributed by atoms with van der Waals surface area (Å²) < 4.78 is 122. The van der Waals surface area contributed by atoms with Gasteiger partial charge in [0.1, 0.15) is 60.5 Å². The Balaban J connectivity index is 0.000000338. The molecule has 4 aliphatic carbocycles. The van der Waals surface area contributed by atoms with Crippen LogP contribution in [-0.4, -0.2) is 221 Å².